The molecule has 156 valence electrons. The van der Waals surface area contributed by atoms with E-state index in [9.17, 15) is 9.59 Å². The lowest BCUT2D eigenvalue weighted by molar-refractivity contribution is -0.138. The van der Waals surface area contributed by atoms with Crippen molar-refractivity contribution in [3.05, 3.63) is 68.7 Å². The molecule has 1 unspecified atom stereocenters. The number of likely N-dealkylation sites (N-methyl/N-ethyl adjacent to an activating group) is 1. The number of amides is 2. The van der Waals surface area contributed by atoms with Gasteiger partial charge in [0, 0.05) is 33.9 Å². The van der Waals surface area contributed by atoms with Crippen molar-refractivity contribution in [2.24, 2.45) is 0 Å². The molecule has 0 aliphatic carbocycles. The van der Waals surface area contributed by atoms with Crippen LogP contribution in [0.4, 0.5) is 0 Å². The van der Waals surface area contributed by atoms with Crippen LogP contribution in [0.3, 0.4) is 0 Å². The smallest absolute Gasteiger partial charge is 0.242 e. The number of halogens is 3. The number of hydrogen-bond acceptors (Lipinski definition) is 3. The molecular formula is C21H23Cl3N2O2S. The van der Waals surface area contributed by atoms with Crippen molar-refractivity contribution in [1.82, 2.24) is 10.2 Å². The second-order valence-corrected chi connectivity index (χ2v) is 8.65. The number of carbonyl (C=O) groups is 2. The van der Waals surface area contributed by atoms with E-state index in [-0.39, 0.29) is 17.6 Å². The number of nitrogens with one attached hydrogen (secondary N) is 1. The topological polar surface area (TPSA) is 49.4 Å². The van der Waals surface area contributed by atoms with E-state index in [1.54, 1.807) is 42.2 Å². The summed E-state index contributed by atoms with van der Waals surface area (Å²) in [5.41, 5.74) is 1.70. The van der Waals surface area contributed by atoms with Gasteiger partial charge in [-0.15, -0.1) is 11.8 Å². The van der Waals surface area contributed by atoms with Gasteiger partial charge in [-0.2, -0.15) is 0 Å². The summed E-state index contributed by atoms with van der Waals surface area (Å²) >= 11 is 19.8. The Morgan fingerprint density at radius 3 is 2.28 bits per heavy atom. The van der Waals surface area contributed by atoms with Crippen LogP contribution in [0.5, 0.6) is 0 Å². The first-order valence-electron chi connectivity index (χ1n) is 9.15. The number of thioether (sulfide) groups is 1. The van der Waals surface area contributed by atoms with Crippen molar-refractivity contribution in [1.29, 1.82) is 0 Å². The number of hydrogen-bond donors (Lipinski definition) is 1. The molecule has 0 bridgehead atoms. The Morgan fingerprint density at radius 1 is 1.07 bits per heavy atom. The molecule has 1 atom stereocenters. The standard InChI is InChI=1S/C21H23Cl3N2O2S/c1-3-25-21(28)14(2)26(11-15-7-9-16(22)10-8-15)20(27)13-29-12-17-18(23)5-4-6-19(17)24/h4-10,14H,3,11-13H2,1-2H3,(H,25,28). The van der Waals surface area contributed by atoms with Gasteiger partial charge < -0.3 is 10.2 Å². The van der Waals surface area contributed by atoms with Crippen LogP contribution in [0.15, 0.2) is 42.5 Å². The third-order valence-electron chi connectivity index (χ3n) is 4.32. The Bertz CT molecular complexity index is 826. The fourth-order valence-electron chi connectivity index (χ4n) is 2.68. The van der Waals surface area contributed by atoms with E-state index in [2.05, 4.69) is 5.32 Å². The quantitative estimate of drug-likeness (QED) is 0.528. The highest BCUT2D eigenvalue weighted by Gasteiger charge is 2.25. The minimum Gasteiger partial charge on any atom is -0.355 e. The number of rotatable bonds is 9. The van der Waals surface area contributed by atoms with Gasteiger partial charge in [-0.3, -0.25) is 9.59 Å². The Morgan fingerprint density at radius 2 is 1.69 bits per heavy atom. The average molecular weight is 474 g/mol. The van der Waals surface area contributed by atoms with Gasteiger partial charge in [-0.25, -0.2) is 0 Å². The van der Waals surface area contributed by atoms with Crippen LogP contribution >= 0.6 is 46.6 Å². The van der Waals surface area contributed by atoms with Gasteiger partial charge in [0.2, 0.25) is 11.8 Å². The maximum Gasteiger partial charge on any atom is 0.242 e. The molecule has 0 aliphatic rings. The van der Waals surface area contributed by atoms with E-state index in [0.29, 0.717) is 33.9 Å². The summed E-state index contributed by atoms with van der Waals surface area (Å²) < 4.78 is 0. The summed E-state index contributed by atoms with van der Waals surface area (Å²) in [6, 6.07) is 12.0. The van der Waals surface area contributed by atoms with Gasteiger partial charge in [-0.05, 0) is 49.2 Å². The molecule has 4 nitrogen and oxygen atoms in total. The van der Waals surface area contributed by atoms with Gasteiger partial charge in [0.25, 0.3) is 0 Å². The molecule has 29 heavy (non-hydrogen) atoms. The largest absolute Gasteiger partial charge is 0.355 e. The molecule has 1 N–H and O–H groups in total. The number of carbonyl (C=O) groups excluding carboxylic acids is 2. The first-order valence-corrected chi connectivity index (χ1v) is 11.4. The molecule has 2 aromatic carbocycles. The molecule has 0 fully saturated rings. The summed E-state index contributed by atoms with van der Waals surface area (Å²) in [6.07, 6.45) is 0. The van der Waals surface area contributed by atoms with Gasteiger partial charge in [0.05, 0.1) is 5.75 Å². The maximum absolute atomic E-state index is 13.0. The molecule has 0 aliphatic heterocycles. The predicted molar refractivity (Wildman–Crippen MR) is 123 cm³/mol. The van der Waals surface area contributed by atoms with Gasteiger partial charge in [0.15, 0.2) is 0 Å². The minimum absolute atomic E-state index is 0.133. The fourth-order valence-corrected chi connectivity index (χ4v) is 4.46. The SMILES string of the molecule is CCNC(=O)C(C)N(Cc1ccc(Cl)cc1)C(=O)CSCc1c(Cl)cccc1Cl. The Hall–Kier alpha value is -1.40. The lowest BCUT2D eigenvalue weighted by Gasteiger charge is -2.28. The fraction of sp³-hybridized carbons (Fsp3) is 0.333. The lowest BCUT2D eigenvalue weighted by Crippen LogP contribution is -2.48. The highest BCUT2D eigenvalue weighted by molar-refractivity contribution is 7.99. The Labute approximate surface area is 190 Å². The zero-order valence-corrected chi connectivity index (χ0v) is 19.3. The highest BCUT2D eigenvalue weighted by atomic mass is 35.5. The summed E-state index contributed by atoms with van der Waals surface area (Å²) in [5.74, 6) is 0.397. The first-order chi connectivity index (χ1) is 13.8. The predicted octanol–water partition coefficient (Wildman–Crippen LogP) is 5.43. The van der Waals surface area contributed by atoms with Crippen molar-refractivity contribution in [2.75, 3.05) is 12.3 Å². The second-order valence-electron chi connectivity index (χ2n) is 6.41. The van der Waals surface area contributed by atoms with Crippen LogP contribution in [0.2, 0.25) is 15.1 Å². The minimum atomic E-state index is -0.595. The third kappa shape index (κ3) is 7.10. The second kappa shape index (κ2) is 11.7. The molecule has 0 radical (unpaired) electrons. The van der Waals surface area contributed by atoms with Gasteiger partial charge >= 0.3 is 0 Å². The van der Waals surface area contributed by atoms with Crippen molar-refractivity contribution in [2.45, 2.75) is 32.2 Å². The zero-order valence-electron chi connectivity index (χ0n) is 16.3. The summed E-state index contributed by atoms with van der Waals surface area (Å²) in [6.45, 7) is 4.40. The molecule has 0 spiro atoms. The molecule has 8 heteroatoms. The summed E-state index contributed by atoms with van der Waals surface area (Å²) in [4.78, 5) is 26.9. The van der Waals surface area contributed by atoms with E-state index in [1.807, 2.05) is 19.1 Å². The maximum atomic E-state index is 13.0. The van der Waals surface area contributed by atoms with Crippen LogP contribution in [-0.2, 0) is 21.9 Å². The monoisotopic (exact) mass is 472 g/mol. The van der Waals surface area contributed by atoms with Crippen molar-refractivity contribution >= 4 is 58.4 Å². The first kappa shape index (κ1) is 23.9. The van der Waals surface area contributed by atoms with Crippen LogP contribution in [-0.4, -0.2) is 35.1 Å². The molecule has 2 aromatic rings. The zero-order chi connectivity index (χ0) is 21.4. The van der Waals surface area contributed by atoms with Crippen LogP contribution in [0, 0.1) is 0 Å². The molecule has 0 saturated carbocycles. The van der Waals surface area contributed by atoms with Crippen molar-refractivity contribution in [3.8, 4) is 0 Å². The Balaban J connectivity index is 2.08. The summed E-state index contributed by atoms with van der Waals surface area (Å²) in [7, 11) is 0. The Kier molecular flexibility index (Phi) is 9.63. The third-order valence-corrected chi connectivity index (χ3v) is 6.22. The van der Waals surface area contributed by atoms with E-state index in [0.717, 1.165) is 11.1 Å². The van der Waals surface area contributed by atoms with E-state index in [4.69, 9.17) is 34.8 Å². The normalized spacial score (nSPS) is 11.8. The van der Waals surface area contributed by atoms with Gasteiger partial charge in [-0.1, -0.05) is 53.0 Å². The van der Waals surface area contributed by atoms with Gasteiger partial charge in [0.1, 0.15) is 6.04 Å². The van der Waals surface area contributed by atoms with E-state index < -0.39 is 6.04 Å². The van der Waals surface area contributed by atoms with Crippen molar-refractivity contribution < 1.29 is 9.59 Å². The molecule has 0 saturated heterocycles. The molecule has 0 aromatic heterocycles. The number of benzene rings is 2. The van der Waals surface area contributed by atoms with Crippen LogP contribution < -0.4 is 5.32 Å². The molecule has 0 heterocycles. The van der Waals surface area contributed by atoms with Crippen molar-refractivity contribution in [3.63, 3.8) is 0 Å². The molecular weight excluding hydrogens is 451 g/mol. The van der Waals surface area contributed by atoms with Crippen LogP contribution in [0.1, 0.15) is 25.0 Å². The molecule has 2 rings (SSSR count). The molecule has 2 amide bonds. The lowest BCUT2D eigenvalue weighted by atomic mass is 10.1. The summed E-state index contributed by atoms with van der Waals surface area (Å²) in [5, 5.41) is 4.55. The average Bonchev–Trinajstić information content (AvgIpc) is 2.69. The van der Waals surface area contributed by atoms with E-state index in [1.165, 1.54) is 11.8 Å². The van der Waals surface area contributed by atoms with E-state index >= 15 is 0 Å². The van der Waals surface area contributed by atoms with Crippen LogP contribution in [0.25, 0.3) is 0 Å². The number of nitrogens with zero attached hydrogens (tertiary/aromatic N) is 1. The highest BCUT2D eigenvalue weighted by Crippen LogP contribution is 2.28.